The highest BCUT2D eigenvalue weighted by Gasteiger charge is 2.27. The Bertz CT molecular complexity index is 741. The fraction of sp³-hybridized carbons (Fsp3) is 0.364. The molecule has 1 N–H and O–H groups in total. The van der Waals surface area contributed by atoms with E-state index in [-0.39, 0.29) is 5.91 Å². The smallest absolute Gasteiger partial charge is 0.410 e. The zero-order valence-electron chi connectivity index (χ0n) is 15.6. The summed E-state index contributed by atoms with van der Waals surface area (Å²) < 4.78 is 5.19. The van der Waals surface area contributed by atoms with E-state index in [0.29, 0.717) is 11.7 Å². The topological polar surface area (TPSA) is 58.6 Å². The highest BCUT2D eigenvalue weighted by molar-refractivity contribution is 5.85. The molecule has 2 aromatic rings. The number of hydrogen-bond acceptors (Lipinski definition) is 3. The highest BCUT2D eigenvalue weighted by Crippen LogP contribution is 2.22. The van der Waals surface area contributed by atoms with Crippen molar-refractivity contribution >= 4 is 12.0 Å². The number of nitrogens with one attached hydrogen (secondary N) is 1. The molecule has 1 saturated heterocycles. The van der Waals surface area contributed by atoms with Crippen LogP contribution >= 0.6 is 0 Å². The van der Waals surface area contributed by atoms with Crippen LogP contribution in [0.5, 0.6) is 5.75 Å². The molecule has 2 amide bonds. The van der Waals surface area contributed by atoms with Crippen molar-refractivity contribution in [2.24, 2.45) is 5.92 Å². The van der Waals surface area contributed by atoms with E-state index in [1.54, 1.807) is 31.2 Å². The number of hydrogen-bond donors (Lipinski definition) is 1. The van der Waals surface area contributed by atoms with Crippen LogP contribution in [0.3, 0.4) is 0 Å². The Labute approximate surface area is 160 Å². The maximum Gasteiger partial charge on any atom is 0.413 e. The molecule has 0 aromatic heterocycles. The van der Waals surface area contributed by atoms with Crippen LogP contribution in [0.25, 0.3) is 0 Å². The van der Waals surface area contributed by atoms with Gasteiger partial charge in [0, 0.05) is 13.1 Å². The third-order valence-electron chi connectivity index (χ3n) is 4.95. The van der Waals surface area contributed by atoms with Crippen molar-refractivity contribution < 1.29 is 14.3 Å². The number of amides is 2. The average Bonchev–Trinajstić information content (AvgIpc) is 2.69. The van der Waals surface area contributed by atoms with E-state index >= 15 is 0 Å². The minimum atomic E-state index is -0.610. The molecule has 3 rings (SSSR count). The summed E-state index contributed by atoms with van der Waals surface area (Å²) in [5.41, 5.74) is 1.35. The van der Waals surface area contributed by atoms with E-state index in [1.807, 2.05) is 17.0 Å². The molecule has 1 atom stereocenters. The summed E-state index contributed by atoms with van der Waals surface area (Å²) in [6.45, 7) is 3.16. The van der Waals surface area contributed by atoms with Gasteiger partial charge in [-0.1, -0.05) is 48.5 Å². The van der Waals surface area contributed by atoms with Crippen LogP contribution in [0, 0.1) is 5.92 Å². The minimum absolute atomic E-state index is 0.0572. The molecule has 0 aliphatic carbocycles. The fourth-order valence-electron chi connectivity index (χ4n) is 3.44. The number of nitrogens with zero attached hydrogens (tertiary/aromatic N) is 1. The Balaban J connectivity index is 1.43. The molecule has 1 aliphatic rings. The molecule has 1 heterocycles. The summed E-state index contributed by atoms with van der Waals surface area (Å²) in [5, 5.41) is 2.62. The Kier molecular flexibility index (Phi) is 6.47. The van der Waals surface area contributed by atoms with Crippen LogP contribution in [-0.2, 0) is 11.2 Å². The van der Waals surface area contributed by atoms with Crippen molar-refractivity contribution in [3.63, 3.8) is 0 Å². The Morgan fingerprint density at radius 1 is 1.04 bits per heavy atom. The highest BCUT2D eigenvalue weighted by atomic mass is 16.6. The predicted octanol–water partition coefficient (Wildman–Crippen LogP) is 3.64. The van der Waals surface area contributed by atoms with Gasteiger partial charge in [-0.2, -0.15) is 0 Å². The molecule has 5 heteroatoms. The predicted molar refractivity (Wildman–Crippen MR) is 105 cm³/mol. The molecule has 1 fully saturated rings. The maximum absolute atomic E-state index is 12.6. The summed E-state index contributed by atoms with van der Waals surface area (Å²) >= 11 is 0. The number of carbonyl (C=O) groups excluding carboxylic acids is 2. The van der Waals surface area contributed by atoms with Crippen LogP contribution in [0.15, 0.2) is 60.7 Å². The van der Waals surface area contributed by atoms with Gasteiger partial charge in [0.2, 0.25) is 5.91 Å². The van der Waals surface area contributed by atoms with Crippen molar-refractivity contribution in [2.45, 2.75) is 32.2 Å². The number of piperidine rings is 1. The van der Waals surface area contributed by atoms with Crippen molar-refractivity contribution in [1.82, 2.24) is 10.2 Å². The van der Waals surface area contributed by atoms with Gasteiger partial charge in [-0.3, -0.25) is 4.79 Å². The molecule has 27 heavy (non-hydrogen) atoms. The van der Waals surface area contributed by atoms with Gasteiger partial charge in [0.25, 0.3) is 0 Å². The second kappa shape index (κ2) is 9.21. The second-order valence-corrected chi connectivity index (χ2v) is 7.03. The first-order valence-corrected chi connectivity index (χ1v) is 9.48. The monoisotopic (exact) mass is 366 g/mol. The Morgan fingerprint density at radius 3 is 2.26 bits per heavy atom. The molecule has 1 aliphatic heterocycles. The number of carbonyl (C=O) groups is 2. The molecule has 2 aromatic carbocycles. The van der Waals surface area contributed by atoms with E-state index in [9.17, 15) is 9.59 Å². The first-order valence-electron chi connectivity index (χ1n) is 9.48. The third kappa shape index (κ3) is 5.58. The number of benzene rings is 2. The van der Waals surface area contributed by atoms with Crippen LogP contribution in [-0.4, -0.2) is 36.0 Å². The van der Waals surface area contributed by atoms with Gasteiger partial charge in [0.1, 0.15) is 11.8 Å². The van der Waals surface area contributed by atoms with Gasteiger partial charge < -0.3 is 15.0 Å². The van der Waals surface area contributed by atoms with Crippen molar-refractivity contribution in [3.05, 3.63) is 66.2 Å². The summed E-state index contributed by atoms with van der Waals surface area (Å²) in [6.07, 6.45) is 2.42. The Hall–Kier alpha value is -2.82. The standard InChI is InChI=1S/C22H26N2O3/c1-17(23-22(26)27-20-10-6-3-7-11-20)21(25)24-14-12-19(13-15-24)16-18-8-4-2-5-9-18/h2-11,17,19H,12-16H2,1H3,(H,23,26)/t17-/m0/s1. The minimum Gasteiger partial charge on any atom is -0.410 e. The van der Waals surface area contributed by atoms with Crippen LogP contribution in [0.2, 0.25) is 0 Å². The van der Waals surface area contributed by atoms with Crippen molar-refractivity contribution in [1.29, 1.82) is 0 Å². The quantitative estimate of drug-likeness (QED) is 0.879. The van der Waals surface area contributed by atoms with Gasteiger partial charge in [-0.05, 0) is 49.8 Å². The van der Waals surface area contributed by atoms with Crippen molar-refractivity contribution in [3.8, 4) is 5.75 Å². The summed E-state index contributed by atoms with van der Waals surface area (Å²) in [6, 6.07) is 18.7. The van der Waals surface area contributed by atoms with E-state index < -0.39 is 12.1 Å². The van der Waals surface area contributed by atoms with Crippen LogP contribution < -0.4 is 10.1 Å². The maximum atomic E-state index is 12.6. The number of ether oxygens (including phenoxy) is 1. The van der Waals surface area contributed by atoms with E-state index in [2.05, 4.69) is 29.6 Å². The lowest BCUT2D eigenvalue weighted by Gasteiger charge is -2.33. The summed E-state index contributed by atoms with van der Waals surface area (Å²) in [5.74, 6) is 0.998. The van der Waals surface area contributed by atoms with Crippen LogP contribution in [0.1, 0.15) is 25.3 Å². The normalized spacial score (nSPS) is 15.8. The van der Waals surface area contributed by atoms with Crippen molar-refractivity contribution in [2.75, 3.05) is 13.1 Å². The molecule has 5 nitrogen and oxygen atoms in total. The van der Waals surface area contributed by atoms with E-state index in [1.165, 1.54) is 5.56 Å². The molecule has 0 unspecified atom stereocenters. The Morgan fingerprint density at radius 2 is 1.63 bits per heavy atom. The largest absolute Gasteiger partial charge is 0.413 e. The molecule has 0 spiro atoms. The number of likely N-dealkylation sites (tertiary alicyclic amines) is 1. The lowest BCUT2D eigenvalue weighted by atomic mass is 9.90. The summed E-state index contributed by atoms with van der Waals surface area (Å²) in [4.78, 5) is 26.4. The van der Waals surface area contributed by atoms with E-state index in [4.69, 9.17) is 4.74 Å². The molecular weight excluding hydrogens is 340 g/mol. The zero-order valence-corrected chi connectivity index (χ0v) is 15.6. The molecule has 0 bridgehead atoms. The molecule has 0 saturated carbocycles. The molecule has 142 valence electrons. The lowest BCUT2D eigenvalue weighted by Crippen LogP contribution is -2.50. The first-order chi connectivity index (χ1) is 13.1. The SMILES string of the molecule is C[C@H](NC(=O)Oc1ccccc1)C(=O)N1CCC(Cc2ccccc2)CC1. The second-order valence-electron chi connectivity index (χ2n) is 7.03. The zero-order chi connectivity index (χ0) is 19.1. The number of para-hydroxylation sites is 1. The third-order valence-corrected chi connectivity index (χ3v) is 4.95. The molecular formula is C22H26N2O3. The van der Waals surface area contributed by atoms with Gasteiger partial charge in [-0.15, -0.1) is 0 Å². The molecule has 0 radical (unpaired) electrons. The van der Waals surface area contributed by atoms with Crippen LogP contribution in [0.4, 0.5) is 4.79 Å². The first kappa shape index (κ1) is 19.0. The summed E-state index contributed by atoms with van der Waals surface area (Å²) in [7, 11) is 0. The number of rotatable bonds is 5. The lowest BCUT2D eigenvalue weighted by molar-refractivity contribution is -0.134. The fourth-order valence-corrected chi connectivity index (χ4v) is 3.44. The van der Waals surface area contributed by atoms with E-state index in [0.717, 1.165) is 32.4 Å². The van der Waals surface area contributed by atoms with Gasteiger partial charge in [-0.25, -0.2) is 4.79 Å². The average molecular weight is 366 g/mol. The van der Waals surface area contributed by atoms with Gasteiger partial charge >= 0.3 is 6.09 Å². The van der Waals surface area contributed by atoms with Gasteiger partial charge in [0.15, 0.2) is 0 Å². The van der Waals surface area contributed by atoms with Gasteiger partial charge in [0.05, 0.1) is 0 Å².